The average molecular weight is 335 g/mol. The van der Waals surface area contributed by atoms with Gasteiger partial charge >= 0.3 is 0 Å². The molecule has 8 fully saturated rings. The second-order valence-corrected chi connectivity index (χ2v) is 13.4. The van der Waals surface area contributed by atoms with E-state index in [-0.39, 0.29) is 9.49 Å². The van der Waals surface area contributed by atoms with Crippen LogP contribution in [0.4, 0.5) is 0 Å². The minimum atomic E-state index is -2.98. The summed E-state index contributed by atoms with van der Waals surface area (Å²) in [6, 6.07) is 0. The fraction of sp³-hybridized carbons (Fsp3) is 1.00. The molecule has 0 radical (unpaired) electrons. The molecule has 8 aliphatic carbocycles. The van der Waals surface area contributed by atoms with E-state index in [0.717, 1.165) is 74.0 Å². The number of hydrogen-bond acceptors (Lipinski definition) is 2. The van der Waals surface area contributed by atoms with Gasteiger partial charge in [-0.2, -0.15) is 0 Å². The normalized spacial score (nSPS) is 59.7. The monoisotopic (exact) mass is 334 g/mol. The van der Waals surface area contributed by atoms with Gasteiger partial charge < -0.3 is 0 Å². The predicted molar refractivity (Wildman–Crippen MR) is 90.7 cm³/mol. The molecular weight excluding hydrogens is 304 g/mol. The highest BCUT2D eigenvalue weighted by molar-refractivity contribution is 7.94. The predicted octanol–water partition coefficient (Wildman–Crippen LogP) is 4.34. The lowest BCUT2D eigenvalue weighted by Gasteiger charge is -2.62. The van der Waals surface area contributed by atoms with Gasteiger partial charge in [0.25, 0.3) is 0 Å². The van der Waals surface area contributed by atoms with Crippen LogP contribution in [0.5, 0.6) is 0 Å². The maximum absolute atomic E-state index is 14.1. The van der Waals surface area contributed by atoms with Gasteiger partial charge in [-0.05, 0) is 113 Å². The van der Waals surface area contributed by atoms with Crippen molar-refractivity contribution in [1.29, 1.82) is 0 Å². The molecule has 8 bridgehead atoms. The molecule has 3 heteroatoms. The molecule has 0 aliphatic heterocycles. The number of hydrogen-bond donors (Lipinski definition) is 0. The van der Waals surface area contributed by atoms with Gasteiger partial charge in [0, 0.05) is 0 Å². The molecule has 0 aromatic heterocycles. The second kappa shape index (κ2) is 4.19. The highest BCUT2D eigenvalue weighted by Crippen LogP contribution is 2.65. The fourth-order valence-corrected chi connectivity index (χ4v) is 12.8. The molecule has 128 valence electrons. The van der Waals surface area contributed by atoms with E-state index < -0.39 is 9.84 Å². The van der Waals surface area contributed by atoms with E-state index in [9.17, 15) is 8.42 Å². The van der Waals surface area contributed by atoms with Crippen molar-refractivity contribution in [3.05, 3.63) is 0 Å². The van der Waals surface area contributed by atoms with Crippen LogP contribution in [0.3, 0.4) is 0 Å². The third-order valence-corrected chi connectivity index (χ3v) is 12.4. The molecule has 0 unspecified atom stereocenters. The topological polar surface area (TPSA) is 34.1 Å². The van der Waals surface area contributed by atoms with Gasteiger partial charge in [-0.15, -0.1) is 0 Å². The Morgan fingerprint density at radius 3 is 0.913 bits per heavy atom. The summed E-state index contributed by atoms with van der Waals surface area (Å²) in [6.07, 6.45) is 14.2. The van der Waals surface area contributed by atoms with Gasteiger partial charge in [0.05, 0.1) is 9.49 Å². The summed E-state index contributed by atoms with van der Waals surface area (Å²) in [6.45, 7) is 0. The Bertz CT molecular complexity index is 526. The summed E-state index contributed by atoms with van der Waals surface area (Å²) in [5.41, 5.74) is 0. The van der Waals surface area contributed by atoms with Crippen LogP contribution in [0.15, 0.2) is 0 Å². The van der Waals surface area contributed by atoms with Crippen LogP contribution in [0.2, 0.25) is 0 Å². The molecule has 0 aromatic rings. The molecule has 8 saturated carbocycles. The zero-order chi connectivity index (χ0) is 15.4. The van der Waals surface area contributed by atoms with Gasteiger partial charge in [0.1, 0.15) is 0 Å². The van der Waals surface area contributed by atoms with Gasteiger partial charge in [0.2, 0.25) is 0 Å². The Kier molecular flexibility index (Phi) is 2.58. The van der Waals surface area contributed by atoms with Crippen LogP contribution < -0.4 is 0 Å². The lowest BCUT2D eigenvalue weighted by atomic mass is 9.55. The van der Waals surface area contributed by atoms with Crippen molar-refractivity contribution in [2.24, 2.45) is 35.5 Å². The van der Waals surface area contributed by atoms with Crippen LogP contribution in [0.25, 0.3) is 0 Å². The molecule has 0 N–H and O–H groups in total. The summed E-state index contributed by atoms with van der Waals surface area (Å²) in [5, 5.41) is 0. The van der Waals surface area contributed by atoms with Crippen molar-refractivity contribution in [3.63, 3.8) is 0 Å². The third kappa shape index (κ3) is 1.69. The first-order valence-corrected chi connectivity index (χ1v) is 11.7. The van der Waals surface area contributed by atoms with Crippen molar-refractivity contribution in [3.8, 4) is 0 Å². The highest BCUT2D eigenvalue weighted by Gasteiger charge is 2.66. The van der Waals surface area contributed by atoms with Crippen LogP contribution in [-0.2, 0) is 9.84 Å². The quantitative estimate of drug-likeness (QED) is 0.753. The summed E-state index contributed by atoms with van der Waals surface area (Å²) in [7, 11) is -2.98. The summed E-state index contributed by atoms with van der Waals surface area (Å²) in [4.78, 5) is 0. The first-order chi connectivity index (χ1) is 11.0. The molecule has 8 aliphatic rings. The summed E-state index contributed by atoms with van der Waals surface area (Å²) >= 11 is 0. The molecule has 0 amide bonds. The van der Waals surface area contributed by atoms with Crippen LogP contribution >= 0.6 is 0 Å². The molecule has 0 heterocycles. The summed E-state index contributed by atoms with van der Waals surface area (Å²) in [5.74, 6) is 4.44. The Morgan fingerprint density at radius 2 is 0.696 bits per heavy atom. The molecule has 0 aromatic carbocycles. The minimum Gasteiger partial charge on any atom is -0.228 e. The second-order valence-electron chi connectivity index (χ2n) is 10.7. The molecule has 0 spiro atoms. The Morgan fingerprint density at radius 1 is 0.478 bits per heavy atom. The maximum Gasteiger partial charge on any atom is 0.161 e. The molecular formula is C20H30O2S. The molecule has 0 saturated heterocycles. The van der Waals surface area contributed by atoms with Gasteiger partial charge in [-0.3, -0.25) is 0 Å². The van der Waals surface area contributed by atoms with Crippen molar-refractivity contribution in [1.82, 2.24) is 0 Å². The van der Waals surface area contributed by atoms with Gasteiger partial charge in [-0.1, -0.05) is 0 Å². The van der Waals surface area contributed by atoms with Crippen molar-refractivity contribution >= 4 is 9.84 Å². The zero-order valence-electron chi connectivity index (χ0n) is 14.2. The first-order valence-electron chi connectivity index (χ1n) is 10.2. The molecule has 23 heavy (non-hydrogen) atoms. The molecule has 8 rings (SSSR count). The maximum atomic E-state index is 14.1. The van der Waals surface area contributed by atoms with E-state index in [1.807, 2.05) is 0 Å². The number of sulfone groups is 1. The zero-order valence-corrected chi connectivity index (χ0v) is 15.0. The molecule has 0 atom stereocenters. The van der Waals surface area contributed by atoms with E-state index in [1.54, 1.807) is 0 Å². The third-order valence-electron chi connectivity index (χ3n) is 9.10. The van der Waals surface area contributed by atoms with E-state index in [0.29, 0.717) is 0 Å². The van der Waals surface area contributed by atoms with Gasteiger partial charge in [0.15, 0.2) is 9.84 Å². The van der Waals surface area contributed by atoms with Crippen molar-refractivity contribution < 1.29 is 8.42 Å². The van der Waals surface area contributed by atoms with E-state index in [2.05, 4.69) is 0 Å². The van der Waals surface area contributed by atoms with Crippen molar-refractivity contribution in [2.75, 3.05) is 0 Å². The number of rotatable bonds is 2. The van der Waals surface area contributed by atoms with Crippen LogP contribution in [0.1, 0.15) is 77.0 Å². The van der Waals surface area contributed by atoms with Crippen LogP contribution in [-0.4, -0.2) is 17.9 Å². The highest BCUT2D eigenvalue weighted by atomic mass is 32.2. The smallest absolute Gasteiger partial charge is 0.161 e. The minimum absolute atomic E-state index is 0.284. The average Bonchev–Trinajstić information content (AvgIpc) is 2.44. The molecule has 2 nitrogen and oxygen atoms in total. The first kappa shape index (κ1) is 14.2. The Balaban J connectivity index is 1.44. The Hall–Kier alpha value is -0.0500. The largest absolute Gasteiger partial charge is 0.228 e. The van der Waals surface area contributed by atoms with E-state index >= 15 is 0 Å². The van der Waals surface area contributed by atoms with Gasteiger partial charge in [-0.25, -0.2) is 8.42 Å². The summed E-state index contributed by atoms with van der Waals surface area (Å²) < 4.78 is 27.7. The van der Waals surface area contributed by atoms with Crippen molar-refractivity contribution in [2.45, 2.75) is 86.5 Å². The Labute approximate surface area is 140 Å². The lowest BCUT2D eigenvalue weighted by Crippen LogP contribution is -2.64. The SMILES string of the molecule is O=S(=O)(C12CC3CC(CC(C3)C1)C2)C12CC3CC(CC(C3)C1)C2. The fourth-order valence-electron chi connectivity index (χ4n) is 9.18. The van der Waals surface area contributed by atoms with E-state index in [4.69, 9.17) is 0 Å². The van der Waals surface area contributed by atoms with Crippen LogP contribution in [0, 0.1) is 35.5 Å². The standard InChI is InChI=1S/C20H30O2S/c21-23(22,19-7-13-1-14(8-19)3-15(2-13)9-19)20-10-16-4-17(11-20)6-18(5-16)12-20/h13-18H,1-12H2. The lowest BCUT2D eigenvalue weighted by molar-refractivity contribution is 0.0156. The van der Waals surface area contributed by atoms with E-state index in [1.165, 1.54) is 38.5 Å².